The summed E-state index contributed by atoms with van der Waals surface area (Å²) in [7, 11) is 0. The molecule has 6 atom stereocenters. The first kappa shape index (κ1) is 17.7. The quantitative estimate of drug-likeness (QED) is 0.438. The lowest BCUT2D eigenvalue weighted by Gasteiger charge is -2.39. The molecule has 6 nitrogen and oxygen atoms in total. The number of fused-ring (bicyclic) bond motifs is 1. The van der Waals surface area contributed by atoms with Crippen molar-refractivity contribution >= 4 is 23.5 Å². The minimum absolute atomic E-state index is 0.0872. The lowest BCUT2D eigenvalue weighted by atomic mass is 9.75. The van der Waals surface area contributed by atoms with Gasteiger partial charge in [-0.3, -0.25) is 19.2 Å². The van der Waals surface area contributed by atoms with Crippen molar-refractivity contribution in [3.05, 3.63) is 24.3 Å². The maximum Gasteiger partial charge on any atom is 0.321 e. The molecule has 3 aliphatic rings. The van der Waals surface area contributed by atoms with E-state index in [4.69, 9.17) is 9.47 Å². The molecule has 2 saturated heterocycles. The van der Waals surface area contributed by atoms with Gasteiger partial charge in [-0.25, -0.2) is 0 Å². The number of cyclic esters (lactones) is 2. The van der Waals surface area contributed by atoms with Gasteiger partial charge in [0.1, 0.15) is 17.5 Å². The number of Topliss-reactive ketones (excluding diaryl/α,β-unsaturated/α-hetero) is 2. The topological polar surface area (TPSA) is 86.7 Å². The van der Waals surface area contributed by atoms with Crippen LogP contribution in [-0.4, -0.2) is 35.7 Å². The molecule has 0 spiro atoms. The maximum absolute atomic E-state index is 12.3. The van der Waals surface area contributed by atoms with Crippen LogP contribution in [0.3, 0.4) is 0 Å². The summed E-state index contributed by atoms with van der Waals surface area (Å²) < 4.78 is 10.9. The zero-order valence-corrected chi connectivity index (χ0v) is 14.4. The third kappa shape index (κ3) is 2.99. The maximum atomic E-state index is 12.3. The molecule has 25 heavy (non-hydrogen) atoms. The standard InChI is InChI=1S/C19H22O6/c1-8(2)5-13-16-10(11(20)7-12(16)21)6-14(24-13)17-15(9(3)4)18(22)25-19(17)23/h10,13-17H,1,3,5-7H2,2,4H3. The molecule has 134 valence electrons. The Balaban J connectivity index is 1.92. The van der Waals surface area contributed by atoms with Crippen molar-refractivity contribution in [2.24, 2.45) is 23.7 Å². The highest BCUT2D eigenvalue weighted by atomic mass is 16.6. The molecule has 2 heterocycles. The Morgan fingerprint density at radius 3 is 2.32 bits per heavy atom. The summed E-state index contributed by atoms with van der Waals surface area (Å²) in [5.41, 5.74) is 1.36. The largest absolute Gasteiger partial charge is 0.392 e. The zero-order chi connectivity index (χ0) is 18.5. The fraction of sp³-hybridized carbons (Fsp3) is 0.579. The van der Waals surface area contributed by atoms with Crippen molar-refractivity contribution in [2.45, 2.75) is 45.3 Å². The van der Waals surface area contributed by atoms with Gasteiger partial charge in [0.2, 0.25) is 0 Å². The Labute approximate surface area is 146 Å². The van der Waals surface area contributed by atoms with Crippen LogP contribution in [0.1, 0.15) is 33.1 Å². The lowest BCUT2D eigenvalue weighted by molar-refractivity contribution is -0.163. The summed E-state index contributed by atoms with van der Waals surface area (Å²) in [6.45, 7) is 11.1. The van der Waals surface area contributed by atoms with Crippen molar-refractivity contribution in [3.8, 4) is 0 Å². The highest BCUT2D eigenvalue weighted by Crippen LogP contribution is 2.45. The van der Waals surface area contributed by atoms with E-state index in [9.17, 15) is 19.2 Å². The molecule has 1 saturated carbocycles. The first-order chi connectivity index (χ1) is 11.7. The second-order valence-corrected chi connectivity index (χ2v) is 7.44. The molecule has 6 unspecified atom stereocenters. The third-order valence-electron chi connectivity index (χ3n) is 5.37. The number of rotatable bonds is 4. The molecule has 0 aromatic heterocycles. The van der Waals surface area contributed by atoms with Gasteiger partial charge in [-0.05, 0) is 26.7 Å². The second-order valence-electron chi connectivity index (χ2n) is 7.44. The highest BCUT2D eigenvalue weighted by molar-refractivity contribution is 6.09. The van der Waals surface area contributed by atoms with Crippen molar-refractivity contribution in [1.29, 1.82) is 0 Å². The van der Waals surface area contributed by atoms with Crippen LogP contribution in [0.15, 0.2) is 24.3 Å². The highest BCUT2D eigenvalue weighted by Gasteiger charge is 2.56. The fourth-order valence-electron chi connectivity index (χ4n) is 4.34. The van der Waals surface area contributed by atoms with Gasteiger partial charge in [-0.2, -0.15) is 0 Å². The van der Waals surface area contributed by atoms with Crippen LogP contribution in [-0.2, 0) is 28.7 Å². The third-order valence-corrected chi connectivity index (χ3v) is 5.37. The molecule has 1 aliphatic carbocycles. The van der Waals surface area contributed by atoms with E-state index in [1.54, 1.807) is 6.92 Å². The van der Waals surface area contributed by atoms with E-state index < -0.39 is 47.8 Å². The van der Waals surface area contributed by atoms with E-state index in [1.165, 1.54) is 0 Å². The first-order valence-corrected chi connectivity index (χ1v) is 8.47. The Morgan fingerprint density at radius 2 is 1.72 bits per heavy atom. The normalized spacial score (nSPS) is 37.8. The van der Waals surface area contributed by atoms with E-state index >= 15 is 0 Å². The second kappa shape index (κ2) is 6.33. The fourth-order valence-corrected chi connectivity index (χ4v) is 4.34. The molecule has 0 bridgehead atoms. The summed E-state index contributed by atoms with van der Waals surface area (Å²) in [5, 5.41) is 0. The predicted molar refractivity (Wildman–Crippen MR) is 87.2 cm³/mol. The summed E-state index contributed by atoms with van der Waals surface area (Å²) in [5.74, 6) is -4.04. The Bertz CT molecular complexity index is 690. The van der Waals surface area contributed by atoms with Crippen molar-refractivity contribution < 1.29 is 28.7 Å². The van der Waals surface area contributed by atoms with Gasteiger partial charge in [-0.1, -0.05) is 17.7 Å². The number of ketones is 2. The number of carbonyl (C=O) groups is 4. The Morgan fingerprint density at radius 1 is 1.04 bits per heavy atom. The van der Waals surface area contributed by atoms with Crippen LogP contribution in [0.2, 0.25) is 0 Å². The zero-order valence-electron chi connectivity index (χ0n) is 14.4. The van der Waals surface area contributed by atoms with Crippen LogP contribution < -0.4 is 0 Å². The van der Waals surface area contributed by atoms with E-state index in [0.717, 1.165) is 5.57 Å². The van der Waals surface area contributed by atoms with Crippen molar-refractivity contribution in [2.75, 3.05) is 0 Å². The van der Waals surface area contributed by atoms with Gasteiger partial charge in [0.15, 0.2) is 0 Å². The van der Waals surface area contributed by atoms with E-state index in [1.807, 2.05) is 6.92 Å². The van der Waals surface area contributed by atoms with Crippen LogP contribution in [0.5, 0.6) is 0 Å². The predicted octanol–water partition coefficient (Wildman–Crippen LogP) is 1.78. The number of hydrogen-bond donors (Lipinski definition) is 0. The number of esters is 2. The lowest BCUT2D eigenvalue weighted by Crippen LogP contribution is -2.47. The number of hydrogen-bond acceptors (Lipinski definition) is 6. The van der Waals surface area contributed by atoms with Gasteiger partial charge >= 0.3 is 11.9 Å². The minimum atomic E-state index is -0.818. The average molecular weight is 346 g/mol. The average Bonchev–Trinajstić information content (AvgIpc) is 2.94. The smallest absolute Gasteiger partial charge is 0.321 e. The van der Waals surface area contributed by atoms with Gasteiger partial charge < -0.3 is 9.47 Å². The molecule has 0 N–H and O–H groups in total. The van der Waals surface area contributed by atoms with E-state index in [2.05, 4.69) is 13.2 Å². The van der Waals surface area contributed by atoms with Gasteiger partial charge in [-0.15, -0.1) is 6.58 Å². The van der Waals surface area contributed by atoms with Crippen LogP contribution in [0, 0.1) is 23.7 Å². The first-order valence-electron chi connectivity index (χ1n) is 8.47. The number of carbonyl (C=O) groups excluding carboxylic acids is 4. The summed E-state index contributed by atoms with van der Waals surface area (Å²) in [6, 6.07) is 0. The molecule has 0 amide bonds. The molecule has 0 aromatic carbocycles. The van der Waals surface area contributed by atoms with Crippen LogP contribution in [0.25, 0.3) is 0 Å². The molecule has 6 heteroatoms. The molecule has 2 aliphatic heterocycles. The number of ether oxygens (including phenoxy) is 2. The minimum Gasteiger partial charge on any atom is -0.392 e. The summed E-state index contributed by atoms with van der Waals surface area (Å²) >= 11 is 0. The van der Waals surface area contributed by atoms with Crippen molar-refractivity contribution in [1.82, 2.24) is 0 Å². The van der Waals surface area contributed by atoms with Gasteiger partial charge in [0.05, 0.1) is 30.5 Å². The van der Waals surface area contributed by atoms with Crippen molar-refractivity contribution in [3.63, 3.8) is 0 Å². The monoisotopic (exact) mass is 346 g/mol. The van der Waals surface area contributed by atoms with E-state index in [-0.39, 0.29) is 24.4 Å². The van der Waals surface area contributed by atoms with Crippen LogP contribution in [0.4, 0.5) is 0 Å². The molecular formula is C19H22O6. The van der Waals surface area contributed by atoms with Crippen LogP contribution >= 0.6 is 0 Å². The summed E-state index contributed by atoms with van der Waals surface area (Å²) in [6.07, 6.45) is -0.561. The molecule has 3 fully saturated rings. The molecule has 3 rings (SSSR count). The van der Waals surface area contributed by atoms with Gasteiger partial charge in [0.25, 0.3) is 0 Å². The molecule has 0 radical (unpaired) electrons. The molecule has 0 aromatic rings. The van der Waals surface area contributed by atoms with Gasteiger partial charge in [0, 0.05) is 5.92 Å². The Hall–Kier alpha value is -2.08. The summed E-state index contributed by atoms with van der Waals surface area (Å²) in [4.78, 5) is 48.7. The molecular weight excluding hydrogens is 324 g/mol. The SMILES string of the molecule is C=C(C)CC1OC(C2C(=O)OC(=O)C2C(=C)C)CC2C(=O)CC(=O)C12. The Kier molecular flexibility index (Phi) is 4.49. The van der Waals surface area contributed by atoms with E-state index in [0.29, 0.717) is 12.0 Å².